The van der Waals surface area contributed by atoms with Gasteiger partial charge < -0.3 is 29.4 Å². The molecule has 2 aromatic carbocycles. The fourth-order valence-electron chi connectivity index (χ4n) is 2.46. The van der Waals surface area contributed by atoms with Crippen LogP contribution in [0.1, 0.15) is 22.3 Å². The molecule has 0 aliphatic carbocycles. The van der Waals surface area contributed by atoms with Crippen LogP contribution in [0.2, 0.25) is 0 Å². The molecule has 0 aliphatic rings. The Bertz CT molecular complexity index is 739. The monoisotopic (exact) mass is 449 g/mol. The molecular formula is C23H31NO6S. The van der Waals surface area contributed by atoms with Gasteiger partial charge in [-0.05, 0) is 54.9 Å². The Balaban J connectivity index is 1.55. The lowest BCUT2D eigenvalue weighted by Gasteiger charge is -2.09. The minimum absolute atomic E-state index is 0.406. The van der Waals surface area contributed by atoms with Crippen LogP contribution < -0.4 is 15.2 Å². The summed E-state index contributed by atoms with van der Waals surface area (Å²) in [5.74, 6) is 1.37. The van der Waals surface area contributed by atoms with Gasteiger partial charge >= 0.3 is 5.97 Å². The van der Waals surface area contributed by atoms with E-state index in [9.17, 15) is 4.79 Å². The van der Waals surface area contributed by atoms with E-state index in [2.05, 4.69) is 12.6 Å². The predicted octanol–water partition coefficient (Wildman–Crippen LogP) is 3.11. The molecule has 0 saturated carbocycles. The van der Waals surface area contributed by atoms with Crippen molar-refractivity contribution in [2.75, 3.05) is 52.8 Å². The number of rotatable bonds is 16. The van der Waals surface area contributed by atoms with Crippen LogP contribution in [-0.2, 0) is 20.0 Å². The lowest BCUT2D eigenvalue weighted by molar-refractivity contribution is 0.00924. The second kappa shape index (κ2) is 15.7. The number of carbonyl (C=O) groups excluding carboxylic acids is 1. The van der Waals surface area contributed by atoms with Crippen molar-refractivity contribution in [1.29, 1.82) is 0 Å². The van der Waals surface area contributed by atoms with Gasteiger partial charge in [0.25, 0.3) is 0 Å². The second-order valence-corrected chi connectivity index (χ2v) is 6.86. The Labute approximate surface area is 189 Å². The summed E-state index contributed by atoms with van der Waals surface area (Å²) in [5, 5.41) is 0. The van der Waals surface area contributed by atoms with Gasteiger partial charge in [-0.1, -0.05) is 12.1 Å². The molecule has 0 radical (unpaired) electrons. The third-order valence-electron chi connectivity index (χ3n) is 4.14. The predicted molar refractivity (Wildman–Crippen MR) is 122 cm³/mol. The first kappa shape index (κ1) is 25.2. The average molecular weight is 450 g/mol. The van der Waals surface area contributed by atoms with E-state index in [0.717, 1.165) is 12.0 Å². The number of hydrogen-bond donors (Lipinski definition) is 2. The van der Waals surface area contributed by atoms with Crippen molar-refractivity contribution < 1.29 is 28.5 Å². The number of ether oxygens (including phenoxy) is 5. The Morgan fingerprint density at radius 2 is 1.29 bits per heavy atom. The molecule has 0 aromatic heterocycles. The number of nitrogens with two attached hydrogens (primary N) is 1. The maximum Gasteiger partial charge on any atom is 0.343 e. The van der Waals surface area contributed by atoms with Gasteiger partial charge in [0.1, 0.15) is 18.1 Å². The van der Waals surface area contributed by atoms with Crippen molar-refractivity contribution in [2.45, 2.75) is 12.2 Å². The van der Waals surface area contributed by atoms with Crippen molar-refractivity contribution in [3.05, 3.63) is 59.7 Å². The molecule has 0 atom stereocenters. The number of thiol groups is 1. The summed E-state index contributed by atoms with van der Waals surface area (Å²) in [7, 11) is 0. The molecule has 0 fully saturated rings. The van der Waals surface area contributed by atoms with Crippen LogP contribution in [0, 0.1) is 0 Å². The standard InChI is InChI=1S/C23H31NO6S/c24-10-1-11-26-12-13-27-14-15-28-16-17-29-21-8-4-20(5-9-21)23(25)30-22-6-2-19(18-31)3-7-22/h2-9,31H,1,10-18,24H2. The van der Waals surface area contributed by atoms with E-state index in [1.54, 1.807) is 36.4 Å². The van der Waals surface area contributed by atoms with Gasteiger partial charge in [-0.25, -0.2) is 4.79 Å². The molecule has 0 unspecified atom stereocenters. The third-order valence-corrected chi connectivity index (χ3v) is 4.50. The largest absolute Gasteiger partial charge is 0.491 e. The highest BCUT2D eigenvalue weighted by Gasteiger charge is 2.09. The first-order valence-electron chi connectivity index (χ1n) is 10.3. The van der Waals surface area contributed by atoms with Crippen molar-refractivity contribution in [1.82, 2.24) is 0 Å². The van der Waals surface area contributed by atoms with E-state index in [-0.39, 0.29) is 0 Å². The van der Waals surface area contributed by atoms with E-state index < -0.39 is 5.97 Å². The third kappa shape index (κ3) is 10.7. The molecule has 0 spiro atoms. The Hall–Kier alpha value is -2.10. The molecule has 2 rings (SSSR count). The van der Waals surface area contributed by atoms with Crippen LogP contribution in [0.4, 0.5) is 0 Å². The second-order valence-electron chi connectivity index (χ2n) is 6.54. The maximum absolute atomic E-state index is 12.2. The van der Waals surface area contributed by atoms with E-state index in [1.807, 2.05) is 12.1 Å². The van der Waals surface area contributed by atoms with E-state index in [1.165, 1.54) is 0 Å². The number of carbonyl (C=O) groups is 1. The van der Waals surface area contributed by atoms with Crippen LogP contribution in [0.15, 0.2) is 48.5 Å². The van der Waals surface area contributed by atoms with Crippen LogP contribution in [0.25, 0.3) is 0 Å². The van der Waals surface area contributed by atoms with E-state index in [0.29, 0.717) is 75.6 Å². The Morgan fingerprint density at radius 1 is 0.742 bits per heavy atom. The van der Waals surface area contributed by atoms with Crippen LogP contribution >= 0.6 is 12.6 Å². The van der Waals surface area contributed by atoms with Gasteiger partial charge in [0, 0.05) is 12.4 Å². The van der Waals surface area contributed by atoms with Gasteiger partial charge in [0.05, 0.1) is 38.6 Å². The highest BCUT2D eigenvalue weighted by Crippen LogP contribution is 2.17. The SMILES string of the molecule is NCCCOCCOCCOCCOc1ccc(C(=O)Oc2ccc(CS)cc2)cc1. The fourth-order valence-corrected chi connectivity index (χ4v) is 2.67. The maximum atomic E-state index is 12.2. The van der Waals surface area contributed by atoms with Gasteiger partial charge in [-0.15, -0.1) is 0 Å². The molecule has 0 heterocycles. The molecule has 8 heteroatoms. The van der Waals surface area contributed by atoms with Crippen molar-refractivity contribution in [2.24, 2.45) is 5.73 Å². The zero-order valence-corrected chi connectivity index (χ0v) is 18.6. The molecular weight excluding hydrogens is 418 g/mol. The average Bonchev–Trinajstić information content (AvgIpc) is 2.80. The van der Waals surface area contributed by atoms with Crippen molar-refractivity contribution in [3.8, 4) is 11.5 Å². The number of hydrogen-bond acceptors (Lipinski definition) is 8. The van der Waals surface area contributed by atoms with Crippen LogP contribution in [0.3, 0.4) is 0 Å². The van der Waals surface area contributed by atoms with Crippen molar-refractivity contribution in [3.63, 3.8) is 0 Å². The summed E-state index contributed by atoms with van der Waals surface area (Å²) in [6.07, 6.45) is 0.862. The summed E-state index contributed by atoms with van der Waals surface area (Å²) in [4.78, 5) is 12.2. The summed E-state index contributed by atoms with van der Waals surface area (Å²) in [6, 6.07) is 14.1. The molecule has 0 saturated heterocycles. The smallest absolute Gasteiger partial charge is 0.343 e. The number of esters is 1. The zero-order chi connectivity index (χ0) is 22.2. The minimum Gasteiger partial charge on any atom is -0.491 e. The number of benzene rings is 2. The topological polar surface area (TPSA) is 89.2 Å². The molecule has 0 aliphatic heterocycles. The van der Waals surface area contributed by atoms with Gasteiger partial charge in [-0.2, -0.15) is 12.6 Å². The minimum atomic E-state index is -0.418. The molecule has 170 valence electrons. The zero-order valence-electron chi connectivity index (χ0n) is 17.7. The quantitative estimate of drug-likeness (QED) is 0.176. The van der Waals surface area contributed by atoms with E-state index in [4.69, 9.17) is 29.4 Å². The molecule has 31 heavy (non-hydrogen) atoms. The molecule has 0 bridgehead atoms. The highest BCUT2D eigenvalue weighted by molar-refractivity contribution is 7.79. The van der Waals surface area contributed by atoms with Crippen LogP contribution in [-0.4, -0.2) is 58.8 Å². The molecule has 0 amide bonds. The lowest BCUT2D eigenvalue weighted by Crippen LogP contribution is -2.13. The van der Waals surface area contributed by atoms with Gasteiger partial charge in [0.2, 0.25) is 0 Å². The molecule has 2 N–H and O–H groups in total. The van der Waals surface area contributed by atoms with Crippen molar-refractivity contribution >= 4 is 18.6 Å². The first-order valence-corrected chi connectivity index (χ1v) is 10.9. The molecule has 2 aromatic rings. The van der Waals surface area contributed by atoms with Gasteiger partial charge in [-0.3, -0.25) is 0 Å². The Kier molecular flexibility index (Phi) is 12.7. The lowest BCUT2D eigenvalue weighted by atomic mass is 10.2. The highest BCUT2D eigenvalue weighted by atomic mass is 32.1. The first-order chi connectivity index (χ1) is 15.2. The summed E-state index contributed by atoms with van der Waals surface area (Å²) < 4.78 is 27.2. The van der Waals surface area contributed by atoms with E-state index >= 15 is 0 Å². The summed E-state index contributed by atoms with van der Waals surface area (Å²) in [6.45, 7) is 4.27. The van der Waals surface area contributed by atoms with Gasteiger partial charge in [0.15, 0.2) is 0 Å². The summed E-state index contributed by atoms with van der Waals surface area (Å²) in [5.41, 5.74) is 6.89. The molecule has 7 nitrogen and oxygen atoms in total. The fraction of sp³-hybridized carbons (Fsp3) is 0.435. The normalized spacial score (nSPS) is 10.8. The summed E-state index contributed by atoms with van der Waals surface area (Å²) >= 11 is 4.21. The Morgan fingerprint density at radius 3 is 1.87 bits per heavy atom. The van der Waals surface area contributed by atoms with Crippen LogP contribution in [0.5, 0.6) is 11.5 Å².